The minimum absolute atomic E-state index is 0.0416. The van der Waals surface area contributed by atoms with E-state index in [2.05, 4.69) is 10.6 Å². The molecule has 0 spiro atoms. The molecule has 0 aliphatic carbocycles. The summed E-state index contributed by atoms with van der Waals surface area (Å²) < 4.78 is 13.3. The van der Waals surface area contributed by atoms with E-state index in [9.17, 15) is 9.18 Å². The lowest BCUT2D eigenvalue weighted by Crippen LogP contribution is -2.41. The van der Waals surface area contributed by atoms with Crippen molar-refractivity contribution in [1.29, 1.82) is 0 Å². The van der Waals surface area contributed by atoms with E-state index in [1.165, 1.54) is 6.07 Å². The first kappa shape index (κ1) is 13.6. The molecular formula is C13H19FN2O. The fraction of sp³-hybridized carbons (Fsp3) is 0.462. The lowest BCUT2D eigenvalue weighted by molar-refractivity contribution is -0.122. The van der Waals surface area contributed by atoms with Gasteiger partial charge in [0.15, 0.2) is 0 Å². The molecule has 0 aliphatic heterocycles. The van der Waals surface area contributed by atoms with Crippen molar-refractivity contribution in [2.45, 2.75) is 33.4 Å². The second-order valence-electron chi connectivity index (χ2n) is 4.08. The maximum Gasteiger partial charge on any atom is 0.236 e. The number of amides is 1. The molecule has 0 aromatic heterocycles. The predicted octanol–water partition coefficient (Wildman–Crippen LogP) is 1.75. The topological polar surface area (TPSA) is 41.1 Å². The lowest BCUT2D eigenvalue weighted by atomic mass is 10.1. The second kappa shape index (κ2) is 6.35. The molecule has 0 fully saturated rings. The van der Waals surface area contributed by atoms with Crippen LogP contribution in [0.1, 0.15) is 25.0 Å². The van der Waals surface area contributed by atoms with Gasteiger partial charge in [-0.1, -0.05) is 12.1 Å². The van der Waals surface area contributed by atoms with E-state index in [-0.39, 0.29) is 17.8 Å². The van der Waals surface area contributed by atoms with Crippen LogP contribution < -0.4 is 10.6 Å². The van der Waals surface area contributed by atoms with Crippen molar-refractivity contribution < 1.29 is 9.18 Å². The number of rotatable bonds is 5. The molecule has 1 rings (SSSR count). The molecule has 1 unspecified atom stereocenters. The molecule has 0 aliphatic rings. The molecule has 0 radical (unpaired) electrons. The van der Waals surface area contributed by atoms with E-state index < -0.39 is 0 Å². The Labute approximate surface area is 101 Å². The number of nitrogens with one attached hydrogen (secondary N) is 2. The summed E-state index contributed by atoms with van der Waals surface area (Å²) in [5.41, 5.74) is 1.47. The Hall–Kier alpha value is -1.42. The van der Waals surface area contributed by atoms with Crippen LogP contribution in [0.5, 0.6) is 0 Å². The summed E-state index contributed by atoms with van der Waals surface area (Å²) >= 11 is 0. The van der Waals surface area contributed by atoms with Gasteiger partial charge in [0.2, 0.25) is 5.91 Å². The minimum Gasteiger partial charge on any atom is -0.355 e. The van der Waals surface area contributed by atoms with Crippen LogP contribution in [-0.4, -0.2) is 18.5 Å². The van der Waals surface area contributed by atoms with Crippen LogP contribution in [0.15, 0.2) is 18.2 Å². The minimum atomic E-state index is -0.278. The van der Waals surface area contributed by atoms with Crippen LogP contribution in [0.3, 0.4) is 0 Å². The summed E-state index contributed by atoms with van der Waals surface area (Å²) in [5.74, 6) is -0.255. The molecule has 0 saturated heterocycles. The lowest BCUT2D eigenvalue weighted by Gasteiger charge is -2.13. The Morgan fingerprint density at radius 2 is 2.18 bits per heavy atom. The van der Waals surface area contributed by atoms with Crippen LogP contribution in [0.2, 0.25) is 0 Å². The fourth-order valence-corrected chi connectivity index (χ4v) is 1.44. The highest BCUT2D eigenvalue weighted by atomic mass is 19.1. The number of carbonyl (C=O) groups excluding carboxylic acids is 1. The third kappa shape index (κ3) is 4.15. The molecule has 1 aromatic carbocycles. The summed E-state index contributed by atoms with van der Waals surface area (Å²) in [4.78, 5) is 11.4. The average Bonchev–Trinajstić information content (AvgIpc) is 2.30. The monoisotopic (exact) mass is 238 g/mol. The van der Waals surface area contributed by atoms with Crippen molar-refractivity contribution in [3.63, 3.8) is 0 Å². The Morgan fingerprint density at radius 1 is 1.47 bits per heavy atom. The van der Waals surface area contributed by atoms with Crippen LogP contribution >= 0.6 is 0 Å². The molecule has 0 saturated carbocycles. The Bertz CT molecular complexity index is 393. The molecule has 1 amide bonds. The van der Waals surface area contributed by atoms with Gasteiger partial charge in [0.25, 0.3) is 0 Å². The first-order chi connectivity index (χ1) is 8.04. The first-order valence-electron chi connectivity index (χ1n) is 5.80. The standard InChI is InChI=1S/C13H19FN2O/c1-4-15-13(17)10(3)16-8-11-6-5-9(2)12(14)7-11/h5-7,10,16H,4,8H2,1-3H3,(H,15,17). The van der Waals surface area contributed by atoms with Crippen LogP contribution in [-0.2, 0) is 11.3 Å². The first-order valence-corrected chi connectivity index (χ1v) is 5.80. The maximum atomic E-state index is 13.3. The zero-order valence-corrected chi connectivity index (χ0v) is 10.5. The largest absolute Gasteiger partial charge is 0.355 e. The van der Waals surface area contributed by atoms with Crippen molar-refractivity contribution in [1.82, 2.24) is 10.6 Å². The Kier molecular flexibility index (Phi) is 5.10. The van der Waals surface area contributed by atoms with Crippen LogP contribution in [0.25, 0.3) is 0 Å². The Balaban J connectivity index is 2.50. The molecule has 4 heteroatoms. The SMILES string of the molecule is CCNC(=O)C(C)NCc1ccc(C)c(F)c1. The molecule has 17 heavy (non-hydrogen) atoms. The highest BCUT2D eigenvalue weighted by molar-refractivity contribution is 5.81. The summed E-state index contributed by atoms with van der Waals surface area (Å²) in [6, 6.07) is 4.81. The van der Waals surface area contributed by atoms with E-state index in [4.69, 9.17) is 0 Å². The van der Waals surface area contributed by atoms with E-state index in [0.29, 0.717) is 18.7 Å². The van der Waals surface area contributed by atoms with Crippen molar-refractivity contribution in [3.05, 3.63) is 35.1 Å². The highest BCUT2D eigenvalue weighted by Gasteiger charge is 2.10. The number of carbonyl (C=O) groups is 1. The van der Waals surface area contributed by atoms with Gasteiger partial charge in [0.1, 0.15) is 5.82 Å². The summed E-state index contributed by atoms with van der Waals surface area (Å²) in [6.45, 7) is 6.49. The van der Waals surface area contributed by atoms with Crippen molar-refractivity contribution >= 4 is 5.91 Å². The zero-order valence-electron chi connectivity index (χ0n) is 10.5. The highest BCUT2D eigenvalue weighted by Crippen LogP contribution is 2.08. The second-order valence-corrected chi connectivity index (χ2v) is 4.08. The van der Waals surface area contributed by atoms with Crippen molar-refractivity contribution in [2.24, 2.45) is 0 Å². The fourth-order valence-electron chi connectivity index (χ4n) is 1.44. The third-order valence-electron chi connectivity index (χ3n) is 2.59. The van der Waals surface area contributed by atoms with Gasteiger partial charge in [-0.3, -0.25) is 4.79 Å². The van der Waals surface area contributed by atoms with Gasteiger partial charge in [0.05, 0.1) is 6.04 Å². The normalized spacial score (nSPS) is 12.2. The summed E-state index contributed by atoms with van der Waals surface area (Å²) in [6.07, 6.45) is 0. The van der Waals surface area contributed by atoms with E-state index in [1.54, 1.807) is 19.9 Å². The molecule has 94 valence electrons. The van der Waals surface area contributed by atoms with Gasteiger partial charge in [0, 0.05) is 13.1 Å². The number of halogens is 1. The number of benzene rings is 1. The number of aryl methyl sites for hydroxylation is 1. The van der Waals surface area contributed by atoms with Crippen molar-refractivity contribution in [3.8, 4) is 0 Å². The molecule has 0 bridgehead atoms. The molecule has 1 aromatic rings. The van der Waals surface area contributed by atoms with Crippen LogP contribution in [0, 0.1) is 12.7 Å². The summed E-state index contributed by atoms with van der Waals surface area (Å²) in [7, 11) is 0. The van der Waals surface area contributed by atoms with Gasteiger partial charge < -0.3 is 10.6 Å². The van der Waals surface area contributed by atoms with E-state index in [1.807, 2.05) is 13.0 Å². The third-order valence-corrected chi connectivity index (χ3v) is 2.59. The molecule has 3 nitrogen and oxygen atoms in total. The van der Waals surface area contributed by atoms with E-state index in [0.717, 1.165) is 5.56 Å². The van der Waals surface area contributed by atoms with Gasteiger partial charge in [-0.15, -0.1) is 0 Å². The average molecular weight is 238 g/mol. The zero-order chi connectivity index (χ0) is 12.8. The van der Waals surface area contributed by atoms with Crippen molar-refractivity contribution in [2.75, 3.05) is 6.54 Å². The number of hydrogen-bond donors (Lipinski definition) is 2. The maximum absolute atomic E-state index is 13.3. The van der Waals surface area contributed by atoms with E-state index >= 15 is 0 Å². The van der Waals surface area contributed by atoms with Gasteiger partial charge >= 0.3 is 0 Å². The molecule has 0 heterocycles. The number of likely N-dealkylation sites (N-methyl/N-ethyl adjacent to an activating group) is 1. The molecule has 1 atom stereocenters. The van der Waals surface area contributed by atoms with Gasteiger partial charge in [-0.25, -0.2) is 4.39 Å². The quantitative estimate of drug-likeness (QED) is 0.820. The van der Waals surface area contributed by atoms with Gasteiger partial charge in [-0.05, 0) is 38.0 Å². The summed E-state index contributed by atoms with van der Waals surface area (Å²) in [5, 5.41) is 5.78. The Morgan fingerprint density at radius 3 is 2.76 bits per heavy atom. The smallest absolute Gasteiger partial charge is 0.236 e. The van der Waals surface area contributed by atoms with Crippen LogP contribution in [0.4, 0.5) is 4.39 Å². The number of hydrogen-bond acceptors (Lipinski definition) is 2. The molecular weight excluding hydrogens is 219 g/mol. The predicted molar refractivity (Wildman–Crippen MR) is 66.1 cm³/mol. The van der Waals surface area contributed by atoms with Gasteiger partial charge in [-0.2, -0.15) is 0 Å². The molecule has 2 N–H and O–H groups in total.